The topological polar surface area (TPSA) is 217 Å². The van der Waals surface area contributed by atoms with Crippen LogP contribution in [0.2, 0.25) is 0 Å². The van der Waals surface area contributed by atoms with E-state index in [0.717, 1.165) is 39.3 Å². The van der Waals surface area contributed by atoms with Gasteiger partial charge in [-0.15, -0.1) is 20.5 Å². The fraction of sp³-hybridized carbons (Fsp3) is 0.444. The van der Waals surface area contributed by atoms with Crippen LogP contribution in [0.5, 0.6) is 0 Å². The maximum absolute atomic E-state index is 8.49. The Morgan fingerprint density at radius 2 is 0.909 bits per heavy atom. The van der Waals surface area contributed by atoms with Gasteiger partial charge in [0.2, 0.25) is 0 Å². The molecule has 2 aromatic heterocycles. The summed E-state index contributed by atoms with van der Waals surface area (Å²) in [7, 11) is -9.89. The van der Waals surface area contributed by atoms with Crippen LogP contribution in [0.4, 0.5) is 0 Å². The summed E-state index contributed by atoms with van der Waals surface area (Å²) in [5.41, 5.74) is 2.35. The summed E-state index contributed by atoms with van der Waals surface area (Å²) in [4.78, 5) is 13.9. The molecule has 0 unspecified atom stereocenters. The van der Waals surface area contributed by atoms with Crippen LogP contribution in [0.3, 0.4) is 0 Å². The van der Waals surface area contributed by atoms with Crippen molar-refractivity contribution >= 4 is 0 Å². The molecule has 33 heavy (non-hydrogen) atoms. The van der Waals surface area contributed by atoms with Crippen LogP contribution in [-0.2, 0) is 30.2 Å². The zero-order chi connectivity index (χ0) is 24.0. The Labute approximate surface area is 206 Å². The minimum atomic E-state index is -4.94. The molecule has 0 aromatic carbocycles. The standard InChI is InChI=1S/C18H24N4.2ClHO4.Mn/c1-3-9-19-17(7-1)15-21-11-5-13-22(14-6-12-21)16-18-8-2-4-10-20-18;2*2-1(3,4)5;/h1-4,7-10H,5-6,11-16H2;2*(H,2,3,4,5);/q;;;+2/p-2. The number of hydrogen-bond acceptors (Lipinski definition) is 12. The van der Waals surface area contributed by atoms with Gasteiger partial charge in [-0.1, -0.05) is 12.1 Å². The quantitative estimate of drug-likeness (QED) is 0.325. The van der Waals surface area contributed by atoms with Crippen molar-refractivity contribution < 1.29 is 74.8 Å². The van der Waals surface area contributed by atoms with Gasteiger partial charge in [-0.25, -0.2) is 37.3 Å². The Morgan fingerprint density at radius 3 is 1.15 bits per heavy atom. The van der Waals surface area contributed by atoms with Crippen molar-refractivity contribution in [3.05, 3.63) is 60.2 Å². The molecule has 0 amide bonds. The Balaban J connectivity index is 0.000000790. The second-order valence-electron chi connectivity index (χ2n) is 6.66. The van der Waals surface area contributed by atoms with Crippen molar-refractivity contribution in [1.29, 1.82) is 0 Å². The Hall–Kier alpha value is -1.00. The van der Waals surface area contributed by atoms with Gasteiger partial charge in [0.15, 0.2) is 0 Å². The van der Waals surface area contributed by atoms with Crippen LogP contribution in [0.25, 0.3) is 0 Å². The van der Waals surface area contributed by atoms with Gasteiger partial charge in [0, 0.05) is 25.5 Å². The molecule has 185 valence electrons. The van der Waals surface area contributed by atoms with Gasteiger partial charge in [-0.3, -0.25) is 19.8 Å². The van der Waals surface area contributed by atoms with Crippen molar-refractivity contribution in [2.45, 2.75) is 25.9 Å². The molecule has 1 saturated heterocycles. The second-order valence-corrected chi connectivity index (χ2v) is 8.17. The Kier molecular flexibility index (Phi) is 16.1. The van der Waals surface area contributed by atoms with E-state index in [9.17, 15) is 0 Å². The summed E-state index contributed by atoms with van der Waals surface area (Å²) in [5.74, 6) is 0. The minimum absolute atomic E-state index is 0. The molecule has 0 saturated carbocycles. The first-order valence-electron chi connectivity index (χ1n) is 9.38. The first-order chi connectivity index (χ1) is 14.9. The first kappa shape index (κ1) is 32.0. The van der Waals surface area contributed by atoms with Crippen molar-refractivity contribution in [1.82, 2.24) is 19.8 Å². The smallest absolute Gasteiger partial charge is 0.297 e. The average Bonchev–Trinajstić information content (AvgIpc) is 2.65. The molecule has 3 heterocycles. The molecule has 15 heteroatoms. The minimum Gasteiger partial charge on any atom is -0.297 e. The van der Waals surface area contributed by atoms with E-state index in [0.29, 0.717) is 0 Å². The summed E-state index contributed by atoms with van der Waals surface area (Å²) in [6, 6.07) is 12.3. The van der Waals surface area contributed by atoms with E-state index < -0.39 is 20.5 Å². The summed E-state index contributed by atoms with van der Waals surface area (Å²) < 4.78 is 67.9. The molecule has 3 rings (SSSR count). The molecule has 1 fully saturated rings. The number of rotatable bonds is 4. The van der Waals surface area contributed by atoms with E-state index in [1.807, 2.05) is 24.5 Å². The fourth-order valence-corrected chi connectivity index (χ4v) is 3.02. The number of pyridine rings is 2. The van der Waals surface area contributed by atoms with Gasteiger partial charge in [0.1, 0.15) is 0 Å². The molecule has 0 spiro atoms. The Morgan fingerprint density at radius 1 is 0.606 bits per heavy atom. The fourth-order valence-electron chi connectivity index (χ4n) is 3.02. The van der Waals surface area contributed by atoms with Crippen LogP contribution in [0.1, 0.15) is 24.2 Å². The van der Waals surface area contributed by atoms with Gasteiger partial charge in [0.05, 0.1) is 11.4 Å². The van der Waals surface area contributed by atoms with E-state index in [1.165, 1.54) is 24.2 Å². The first-order valence-corrected chi connectivity index (χ1v) is 11.8. The summed E-state index contributed by atoms with van der Waals surface area (Å²) in [6.45, 7) is 6.54. The van der Waals surface area contributed by atoms with Crippen LogP contribution >= 0.6 is 0 Å². The zero-order valence-electron chi connectivity index (χ0n) is 17.5. The largest absolute Gasteiger partial charge is 2.00 e. The molecule has 0 atom stereocenters. The molecule has 12 nitrogen and oxygen atoms in total. The van der Waals surface area contributed by atoms with Gasteiger partial charge >= 0.3 is 17.1 Å². The molecule has 1 aliphatic rings. The maximum atomic E-state index is 8.49. The van der Waals surface area contributed by atoms with E-state index in [4.69, 9.17) is 37.3 Å². The van der Waals surface area contributed by atoms with Gasteiger partial charge in [-0.05, 0) is 63.3 Å². The van der Waals surface area contributed by atoms with Crippen molar-refractivity contribution in [2.24, 2.45) is 0 Å². The molecular formula is C18H24Cl2MnN4O8. The van der Waals surface area contributed by atoms with Crippen LogP contribution in [0, 0.1) is 20.5 Å². The molecule has 0 aliphatic carbocycles. The maximum Gasteiger partial charge on any atom is 2.00 e. The molecule has 1 radical (unpaired) electrons. The van der Waals surface area contributed by atoms with Gasteiger partial charge in [-0.2, -0.15) is 0 Å². The molecular weight excluding hydrogens is 526 g/mol. The number of halogens is 2. The third-order valence-corrected chi connectivity index (χ3v) is 4.12. The predicted molar refractivity (Wildman–Crippen MR) is 88.3 cm³/mol. The second kappa shape index (κ2) is 16.6. The molecule has 1 aliphatic heterocycles. The number of aromatic nitrogens is 2. The van der Waals surface area contributed by atoms with Crippen LogP contribution in [0.15, 0.2) is 48.8 Å². The average molecular weight is 550 g/mol. The van der Waals surface area contributed by atoms with E-state index in [2.05, 4.69) is 44.0 Å². The predicted octanol–water partition coefficient (Wildman–Crippen LogP) is -6.94. The van der Waals surface area contributed by atoms with Crippen LogP contribution in [-0.4, -0.2) is 45.9 Å². The Bertz CT molecular complexity index is 658. The normalized spacial score (nSPS) is 15.5. The zero-order valence-corrected chi connectivity index (χ0v) is 20.2. The third-order valence-electron chi connectivity index (χ3n) is 4.12. The molecule has 0 N–H and O–H groups in total. The molecule has 0 bridgehead atoms. The summed E-state index contributed by atoms with van der Waals surface area (Å²) in [5, 5.41) is 0. The van der Waals surface area contributed by atoms with E-state index in [-0.39, 0.29) is 17.1 Å². The summed E-state index contributed by atoms with van der Waals surface area (Å²) in [6.07, 6.45) is 6.18. The van der Waals surface area contributed by atoms with Crippen molar-refractivity contribution in [2.75, 3.05) is 26.2 Å². The van der Waals surface area contributed by atoms with Crippen molar-refractivity contribution in [3.8, 4) is 0 Å². The molecule has 2 aromatic rings. The van der Waals surface area contributed by atoms with Crippen molar-refractivity contribution in [3.63, 3.8) is 0 Å². The monoisotopic (exact) mass is 549 g/mol. The SMILES string of the molecule is [Mn+2].[O-][Cl+3]([O-])([O-])[O-].[O-][Cl+3]([O-])([O-])[O-].c1ccc(CN2CCCN(Cc3ccccn3)CCC2)nc1. The third kappa shape index (κ3) is 21.3. The number of nitrogens with zero attached hydrogens (tertiary/aromatic N) is 4. The van der Waals surface area contributed by atoms with E-state index in [1.54, 1.807) is 0 Å². The number of hydrogen-bond donors (Lipinski definition) is 0. The summed E-state index contributed by atoms with van der Waals surface area (Å²) >= 11 is 0. The van der Waals surface area contributed by atoms with Crippen LogP contribution < -0.4 is 37.3 Å². The van der Waals surface area contributed by atoms with Gasteiger partial charge < -0.3 is 0 Å². The van der Waals surface area contributed by atoms with Gasteiger partial charge in [0.25, 0.3) is 0 Å². The van der Waals surface area contributed by atoms with E-state index >= 15 is 0 Å².